The Morgan fingerprint density at radius 1 is 0.943 bits per heavy atom. The third kappa shape index (κ3) is 8.65. The first-order valence-electron chi connectivity index (χ1n) is 13.8. The summed E-state index contributed by atoms with van der Waals surface area (Å²) in [6.45, 7) is 6.16. The summed E-state index contributed by atoms with van der Waals surface area (Å²) in [6.07, 6.45) is 13.0. The van der Waals surface area contributed by atoms with Crippen molar-refractivity contribution < 1.29 is 23.9 Å². The van der Waals surface area contributed by atoms with Crippen LogP contribution in [0, 0.1) is 11.8 Å². The van der Waals surface area contributed by atoms with Crippen LogP contribution in [-0.2, 0) is 19.1 Å². The Morgan fingerprint density at radius 3 is 2.17 bits per heavy atom. The predicted octanol–water partition coefficient (Wildman–Crippen LogP) is 4.16. The van der Waals surface area contributed by atoms with E-state index >= 15 is 0 Å². The zero-order valence-corrected chi connectivity index (χ0v) is 22.3. The van der Waals surface area contributed by atoms with E-state index in [9.17, 15) is 14.4 Å². The highest BCUT2D eigenvalue weighted by Crippen LogP contribution is 2.29. The van der Waals surface area contributed by atoms with E-state index < -0.39 is 29.6 Å². The van der Waals surface area contributed by atoms with Gasteiger partial charge in [0.25, 0.3) is 0 Å². The third-order valence-corrected chi connectivity index (χ3v) is 7.76. The van der Waals surface area contributed by atoms with E-state index in [0.717, 1.165) is 19.3 Å². The fourth-order valence-electron chi connectivity index (χ4n) is 5.94. The van der Waals surface area contributed by atoms with Crippen molar-refractivity contribution in [2.45, 2.75) is 122 Å². The van der Waals surface area contributed by atoms with Crippen molar-refractivity contribution in [2.75, 3.05) is 20.2 Å². The molecular weight excluding hydrogens is 446 g/mol. The van der Waals surface area contributed by atoms with Gasteiger partial charge in [0.05, 0.1) is 19.1 Å². The number of nitrogens with zero attached hydrogens (tertiary/aromatic N) is 1. The first kappa shape index (κ1) is 27.8. The summed E-state index contributed by atoms with van der Waals surface area (Å²) in [5.41, 5.74) is -0.626. The lowest BCUT2D eigenvalue weighted by atomic mass is 9.83. The molecule has 3 rings (SSSR count). The van der Waals surface area contributed by atoms with Crippen molar-refractivity contribution in [3.8, 4) is 0 Å². The summed E-state index contributed by atoms with van der Waals surface area (Å²) in [5.74, 6) is -0.356. The van der Waals surface area contributed by atoms with Crippen molar-refractivity contribution >= 4 is 18.0 Å². The molecule has 3 fully saturated rings. The molecule has 8 heteroatoms. The smallest absolute Gasteiger partial charge is 0.407 e. The van der Waals surface area contributed by atoms with E-state index in [1.807, 2.05) is 4.90 Å². The van der Waals surface area contributed by atoms with Crippen LogP contribution in [0.4, 0.5) is 4.79 Å². The van der Waals surface area contributed by atoms with Gasteiger partial charge in [0, 0.05) is 25.2 Å². The maximum Gasteiger partial charge on any atom is 0.407 e. The summed E-state index contributed by atoms with van der Waals surface area (Å²) >= 11 is 0. The standard InChI is InChI=1S/C27H47N3O5/c1-27(2,3)35-26(33)29-22-15-16-30(18-21(22)25(32)34-4)24(31)23(17-19-11-7-5-8-12-19)28-20-13-9-6-10-14-20/h19-23,28H,5-18H2,1-4H3,(H,29,33). The van der Waals surface area contributed by atoms with Crippen LogP contribution in [0.15, 0.2) is 0 Å². The van der Waals surface area contributed by atoms with Crippen molar-refractivity contribution in [3.63, 3.8) is 0 Å². The van der Waals surface area contributed by atoms with E-state index in [4.69, 9.17) is 9.47 Å². The van der Waals surface area contributed by atoms with Gasteiger partial charge in [-0.25, -0.2) is 4.79 Å². The zero-order chi connectivity index (χ0) is 25.4. The predicted molar refractivity (Wildman–Crippen MR) is 135 cm³/mol. The van der Waals surface area contributed by atoms with Crippen LogP contribution in [0.5, 0.6) is 0 Å². The number of rotatable bonds is 7. The molecule has 0 aromatic rings. The maximum atomic E-state index is 13.8. The van der Waals surface area contributed by atoms with E-state index in [1.54, 1.807) is 20.8 Å². The van der Waals surface area contributed by atoms with Crippen molar-refractivity contribution in [1.82, 2.24) is 15.5 Å². The average molecular weight is 494 g/mol. The molecule has 2 amide bonds. The molecule has 0 radical (unpaired) electrons. The Labute approximate surface area is 211 Å². The number of alkyl carbamates (subject to hydrolysis) is 1. The molecule has 1 aliphatic heterocycles. The van der Waals surface area contributed by atoms with Crippen LogP contribution in [0.2, 0.25) is 0 Å². The Balaban J connectivity index is 1.67. The van der Waals surface area contributed by atoms with Crippen molar-refractivity contribution in [1.29, 1.82) is 0 Å². The molecule has 0 bridgehead atoms. The summed E-state index contributed by atoms with van der Waals surface area (Å²) in [4.78, 5) is 40.7. The second kappa shape index (κ2) is 12.9. The van der Waals surface area contributed by atoms with Crippen LogP contribution in [0.1, 0.15) is 97.8 Å². The molecule has 1 saturated heterocycles. The SMILES string of the molecule is COC(=O)C1CN(C(=O)C(CC2CCCCC2)NC2CCCCC2)CCC1NC(=O)OC(C)(C)C. The Bertz CT molecular complexity index is 690. The molecule has 2 N–H and O–H groups in total. The van der Waals surface area contributed by atoms with Crippen molar-refractivity contribution in [3.05, 3.63) is 0 Å². The number of piperidine rings is 1. The molecule has 200 valence electrons. The van der Waals surface area contributed by atoms with E-state index in [-0.39, 0.29) is 18.5 Å². The third-order valence-electron chi connectivity index (χ3n) is 7.76. The molecule has 2 saturated carbocycles. The molecule has 0 aromatic heterocycles. The second-order valence-electron chi connectivity index (χ2n) is 11.7. The van der Waals surface area contributed by atoms with Crippen LogP contribution in [-0.4, -0.2) is 66.8 Å². The van der Waals surface area contributed by atoms with Gasteiger partial charge in [0.2, 0.25) is 5.91 Å². The minimum Gasteiger partial charge on any atom is -0.469 e. The first-order chi connectivity index (χ1) is 16.7. The quantitative estimate of drug-likeness (QED) is 0.517. The van der Waals surface area contributed by atoms with Crippen LogP contribution < -0.4 is 10.6 Å². The number of hydrogen-bond acceptors (Lipinski definition) is 6. The number of likely N-dealkylation sites (tertiary alicyclic amines) is 1. The molecule has 8 nitrogen and oxygen atoms in total. The summed E-state index contributed by atoms with van der Waals surface area (Å²) in [5, 5.41) is 6.58. The van der Waals surface area contributed by atoms with Gasteiger partial charge in [0.1, 0.15) is 5.60 Å². The van der Waals surface area contributed by atoms with Gasteiger partial charge in [-0.15, -0.1) is 0 Å². The van der Waals surface area contributed by atoms with Gasteiger partial charge in [0.15, 0.2) is 0 Å². The van der Waals surface area contributed by atoms with Crippen molar-refractivity contribution in [2.24, 2.45) is 11.8 Å². The molecule has 0 aromatic carbocycles. The largest absolute Gasteiger partial charge is 0.469 e. The average Bonchev–Trinajstić information content (AvgIpc) is 2.83. The molecule has 35 heavy (non-hydrogen) atoms. The monoisotopic (exact) mass is 493 g/mol. The Hall–Kier alpha value is -1.83. The topological polar surface area (TPSA) is 97.0 Å². The molecule has 1 heterocycles. The highest BCUT2D eigenvalue weighted by atomic mass is 16.6. The normalized spacial score (nSPS) is 25.5. The van der Waals surface area contributed by atoms with Gasteiger partial charge in [-0.3, -0.25) is 9.59 Å². The number of methoxy groups -OCH3 is 1. The van der Waals surface area contributed by atoms with E-state index in [2.05, 4.69) is 10.6 Å². The number of ether oxygens (including phenoxy) is 2. The van der Waals surface area contributed by atoms with Gasteiger partial charge in [-0.1, -0.05) is 51.4 Å². The number of hydrogen-bond donors (Lipinski definition) is 2. The lowest BCUT2D eigenvalue weighted by Crippen LogP contribution is -2.59. The van der Waals surface area contributed by atoms with Crippen LogP contribution >= 0.6 is 0 Å². The fraction of sp³-hybridized carbons (Fsp3) is 0.889. The minimum absolute atomic E-state index is 0.0887. The number of nitrogens with one attached hydrogen (secondary N) is 2. The molecular formula is C27H47N3O5. The van der Waals surface area contributed by atoms with E-state index in [1.165, 1.54) is 58.5 Å². The van der Waals surface area contributed by atoms with Crippen LogP contribution in [0.25, 0.3) is 0 Å². The second-order valence-corrected chi connectivity index (χ2v) is 11.7. The highest BCUT2D eigenvalue weighted by molar-refractivity contribution is 5.83. The Morgan fingerprint density at radius 2 is 1.57 bits per heavy atom. The van der Waals surface area contributed by atoms with Gasteiger partial charge in [-0.2, -0.15) is 0 Å². The molecule has 2 aliphatic carbocycles. The van der Waals surface area contributed by atoms with E-state index in [0.29, 0.717) is 24.9 Å². The molecule has 0 spiro atoms. The lowest BCUT2D eigenvalue weighted by molar-refractivity contribution is -0.150. The summed E-state index contributed by atoms with van der Waals surface area (Å²) in [7, 11) is 1.35. The first-order valence-corrected chi connectivity index (χ1v) is 13.8. The highest BCUT2D eigenvalue weighted by Gasteiger charge is 2.40. The number of carbonyl (C=O) groups is 3. The lowest BCUT2D eigenvalue weighted by Gasteiger charge is -2.40. The number of amides is 2. The van der Waals surface area contributed by atoms with Gasteiger partial charge in [-0.05, 0) is 52.4 Å². The summed E-state index contributed by atoms with van der Waals surface area (Å²) in [6, 6.07) is -0.247. The van der Waals surface area contributed by atoms with Gasteiger partial charge < -0.3 is 25.0 Å². The fourth-order valence-corrected chi connectivity index (χ4v) is 5.94. The molecule has 3 unspecified atom stereocenters. The Kier molecular flexibility index (Phi) is 10.3. The number of esters is 1. The zero-order valence-electron chi connectivity index (χ0n) is 22.3. The summed E-state index contributed by atoms with van der Waals surface area (Å²) < 4.78 is 10.4. The van der Waals surface area contributed by atoms with Gasteiger partial charge >= 0.3 is 12.1 Å². The maximum absolute atomic E-state index is 13.8. The minimum atomic E-state index is -0.626. The van der Waals surface area contributed by atoms with Crippen LogP contribution in [0.3, 0.4) is 0 Å². The number of carbonyl (C=O) groups excluding carboxylic acids is 3. The molecule has 3 aliphatic rings. The molecule has 3 atom stereocenters.